The van der Waals surface area contributed by atoms with E-state index < -0.39 is 89.5 Å². The molecule has 4 N–H and O–H groups in total. The Morgan fingerprint density at radius 2 is 1.57 bits per heavy atom. The third kappa shape index (κ3) is 7.83. The van der Waals surface area contributed by atoms with Crippen LogP contribution in [0.4, 0.5) is 23.2 Å². The first-order valence-corrected chi connectivity index (χ1v) is 13.0. The summed E-state index contributed by atoms with van der Waals surface area (Å²) < 4.78 is 59.2. The minimum atomic E-state index is -1.92. The van der Waals surface area contributed by atoms with Gasteiger partial charge in [-0.2, -0.15) is 8.78 Å². The largest absolute Gasteiger partial charge is 0.481 e. The van der Waals surface area contributed by atoms with Crippen LogP contribution >= 0.6 is 0 Å². The van der Waals surface area contributed by atoms with Crippen molar-refractivity contribution in [3.05, 3.63) is 58.7 Å². The van der Waals surface area contributed by atoms with Gasteiger partial charge < -0.3 is 25.8 Å². The van der Waals surface area contributed by atoms with Gasteiger partial charge in [-0.3, -0.25) is 24.0 Å². The van der Waals surface area contributed by atoms with Gasteiger partial charge >= 0.3 is 17.8 Å². The molecule has 0 unspecified atom stereocenters. The summed E-state index contributed by atoms with van der Waals surface area (Å²) in [6, 6.07) is 2.03. The molecular formula is C28H29F4N3O7. The van der Waals surface area contributed by atoms with Gasteiger partial charge in [0, 0.05) is 11.8 Å². The summed E-state index contributed by atoms with van der Waals surface area (Å²) >= 11 is 0. The Labute approximate surface area is 237 Å². The first-order valence-electron chi connectivity index (χ1n) is 13.0. The highest BCUT2D eigenvalue weighted by molar-refractivity contribution is 6.40. The second kappa shape index (κ2) is 13.9. The predicted octanol–water partition coefficient (Wildman–Crippen LogP) is 2.81. The molecule has 226 valence electrons. The number of nitrogens with one attached hydrogen (secondary N) is 3. The van der Waals surface area contributed by atoms with Gasteiger partial charge in [0.2, 0.25) is 17.5 Å². The van der Waals surface area contributed by atoms with Crippen molar-refractivity contribution in [2.45, 2.75) is 58.0 Å². The minimum absolute atomic E-state index is 0.0684. The van der Waals surface area contributed by atoms with Crippen LogP contribution in [-0.4, -0.2) is 53.3 Å². The standard InChI is InChI=1S/C28H29F4N3O7/c1-13(2)24(35-28(41)27(40)33-18-9-5-7-14-6-3-4-8-15(14)18)26(39)34-19(11-21(37)38)20(36)12-42-25-22(31)16(29)10-17(30)23(25)32/h5,7,9-10,13,19,24H,3-4,6,8,11-12H2,1-2H3,(H,33,40)(H,34,39)(H,35,41)(H,37,38)/t19-,24-/m0/s1. The molecule has 0 heterocycles. The molecule has 2 aromatic rings. The van der Waals surface area contributed by atoms with E-state index in [1.54, 1.807) is 12.1 Å². The Bertz CT molecular complexity index is 1370. The Hall–Kier alpha value is -4.49. The van der Waals surface area contributed by atoms with Crippen LogP contribution in [0.2, 0.25) is 0 Å². The van der Waals surface area contributed by atoms with Crippen molar-refractivity contribution in [1.82, 2.24) is 10.6 Å². The number of Topliss-reactive ketones (excluding diaryl/α,β-unsaturated/α-hetero) is 1. The maximum absolute atomic E-state index is 13.9. The van der Waals surface area contributed by atoms with Gasteiger partial charge in [-0.1, -0.05) is 26.0 Å². The topological polar surface area (TPSA) is 151 Å². The van der Waals surface area contributed by atoms with Crippen molar-refractivity contribution in [3.8, 4) is 5.75 Å². The second-order valence-electron chi connectivity index (χ2n) is 10.0. The minimum Gasteiger partial charge on any atom is -0.481 e. The zero-order valence-corrected chi connectivity index (χ0v) is 22.7. The third-order valence-corrected chi connectivity index (χ3v) is 6.60. The molecule has 10 nitrogen and oxygen atoms in total. The number of ketones is 1. The summed E-state index contributed by atoms with van der Waals surface area (Å²) in [5.74, 6) is -15.6. The van der Waals surface area contributed by atoms with Crippen LogP contribution in [0.15, 0.2) is 24.3 Å². The summed E-state index contributed by atoms with van der Waals surface area (Å²) in [4.78, 5) is 62.3. The van der Waals surface area contributed by atoms with Gasteiger partial charge in [0.1, 0.15) is 18.7 Å². The number of anilines is 1. The number of carboxylic acids is 1. The first kappa shape index (κ1) is 32.0. The van der Waals surface area contributed by atoms with E-state index in [9.17, 15) is 46.6 Å². The lowest BCUT2D eigenvalue weighted by Gasteiger charge is -2.24. The van der Waals surface area contributed by atoms with Crippen molar-refractivity contribution in [3.63, 3.8) is 0 Å². The SMILES string of the molecule is CC(C)[C@H](NC(=O)C(=O)Nc1cccc2c1CCCC2)C(=O)N[C@@H](CC(=O)O)C(=O)COc1c(F)c(F)cc(F)c1F. The Balaban J connectivity index is 1.68. The van der Waals surface area contributed by atoms with Crippen LogP contribution in [0, 0.1) is 29.2 Å². The summed E-state index contributed by atoms with van der Waals surface area (Å²) in [6.45, 7) is 1.76. The van der Waals surface area contributed by atoms with E-state index in [4.69, 9.17) is 0 Å². The lowest BCUT2D eigenvalue weighted by molar-refractivity contribution is -0.141. The molecule has 42 heavy (non-hydrogen) atoms. The highest BCUT2D eigenvalue weighted by atomic mass is 19.2. The average molecular weight is 596 g/mol. The molecule has 0 fully saturated rings. The lowest BCUT2D eigenvalue weighted by atomic mass is 9.90. The maximum atomic E-state index is 13.9. The van der Waals surface area contributed by atoms with Gasteiger partial charge in [-0.25, -0.2) is 8.78 Å². The Morgan fingerprint density at radius 1 is 0.929 bits per heavy atom. The number of ether oxygens (including phenoxy) is 1. The molecule has 0 saturated carbocycles. The van der Waals surface area contributed by atoms with E-state index >= 15 is 0 Å². The quantitative estimate of drug-likeness (QED) is 0.177. The van der Waals surface area contributed by atoms with Gasteiger partial charge in [-0.05, 0) is 48.8 Å². The fourth-order valence-electron chi connectivity index (χ4n) is 4.42. The lowest BCUT2D eigenvalue weighted by Crippen LogP contribution is -2.56. The van der Waals surface area contributed by atoms with Crippen LogP contribution in [-0.2, 0) is 36.8 Å². The molecule has 0 aromatic heterocycles. The van der Waals surface area contributed by atoms with E-state index in [-0.39, 0.29) is 6.07 Å². The normalized spacial score (nSPS) is 13.9. The number of carboxylic acid groups (broad SMARTS) is 1. The van der Waals surface area contributed by atoms with Gasteiger partial charge in [-0.15, -0.1) is 0 Å². The first-order chi connectivity index (χ1) is 19.8. The molecule has 2 atom stereocenters. The molecule has 3 rings (SSSR count). The number of hydrogen-bond acceptors (Lipinski definition) is 6. The number of fused-ring (bicyclic) bond motifs is 1. The van der Waals surface area contributed by atoms with Gasteiger partial charge in [0.05, 0.1) is 6.42 Å². The van der Waals surface area contributed by atoms with Crippen LogP contribution in [0.3, 0.4) is 0 Å². The molecule has 2 aromatic carbocycles. The number of aryl methyl sites for hydroxylation is 1. The summed E-state index contributed by atoms with van der Waals surface area (Å²) in [5, 5.41) is 16.1. The molecule has 3 amide bonds. The van der Waals surface area contributed by atoms with Crippen LogP contribution in [0.25, 0.3) is 0 Å². The Kier molecular flexibility index (Phi) is 10.6. The van der Waals surface area contributed by atoms with E-state index in [0.29, 0.717) is 5.69 Å². The van der Waals surface area contributed by atoms with Crippen molar-refractivity contribution in [2.24, 2.45) is 5.92 Å². The zero-order chi connectivity index (χ0) is 31.1. The molecule has 0 spiro atoms. The number of carbonyl (C=O) groups excluding carboxylic acids is 4. The van der Waals surface area contributed by atoms with Gasteiger partial charge in [0.25, 0.3) is 0 Å². The number of halogens is 4. The number of rotatable bonds is 11. The van der Waals surface area contributed by atoms with Crippen LogP contribution in [0.5, 0.6) is 5.75 Å². The number of hydrogen-bond donors (Lipinski definition) is 4. The highest BCUT2D eigenvalue weighted by Crippen LogP contribution is 2.28. The number of amides is 3. The molecular weight excluding hydrogens is 566 g/mol. The molecule has 14 heteroatoms. The fraction of sp³-hybridized carbons (Fsp3) is 0.393. The zero-order valence-electron chi connectivity index (χ0n) is 22.7. The number of benzene rings is 2. The van der Waals surface area contributed by atoms with E-state index in [1.807, 2.05) is 6.07 Å². The monoisotopic (exact) mass is 595 g/mol. The van der Waals surface area contributed by atoms with Crippen molar-refractivity contribution in [2.75, 3.05) is 11.9 Å². The summed E-state index contributed by atoms with van der Waals surface area (Å²) in [5.41, 5.74) is 2.45. The van der Waals surface area contributed by atoms with Crippen molar-refractivity contribution < 1.29 is 51.4 Å². The van der Waals surface area contributed by atoms with E-state index in [0.717, 1.165) is 36.8 Å². The fourth-order valence-corrected chi connectivity index (χ4v) is 4.42. The van der Waals surface area contributed by atoms with E-state index in [2.05, 4.69) is 20.7 Å². The molecule has 0 bridgehead atoms. The maximum Gasteiger partial charge on any atom is 0.313 e. The van der Waals surface area contributed by atoms with Crippen LogP contribution in [0.1, 0.15) is 44.2 Å². The third-order valence-electron chi connectivity index (χ3n) is 6.60. The summed E-state index contributed by atoms with van der Waals surface area (Å²) in [6.07, 6.45) is 2.48. The summed E-state index contributed by atoms with van der Waals surface area (Å²) in [7, 11) is 0. The molecule has 0 aliphatic heterocycles. The molecule has 0 radical (unpaired) electrons. The molecule has 1 aliphatic rings. The molecule has 0 saturated heterocycles. The van der Waals surface area contributed by atoms with Crippen LogP contribution < -0.4 is 20.7 Å². The average Bonchev–Trinajstić information content (AvgIpc) is 2.93. The molecule has 1 aliphatic carbocycles. The number of aliphatic carboxylic acids is 1. The smallest absolute Gasteiger partial charge is 0.313 e. The Morgan fingerprint density at radius 3 is 2.19 bits per heavy atom. The highest BCUT2D eigenvalue weighted by Gasteiger charge is 2.32. The van der Waals surface area contributed by atoms with Crippen molar-refractivity contribution >= 4 is 35.2 Å². The predicted molar refractivity (Wildman–Crippen MR) is 139 cm³/mol. The van der Waals surface area contributed by atoms with Gasteiger partial charge in [0.15, 0.2) is 23.2 Å². The van der Waals surface area contributed by atoms with E-state index in [1.165, 1.54) is 13.8 Å². The number of carbonyl (C=O) groups is 5. The second-order valence-corrected chi connectivity index (χ2v) is 10.0. The van der Waals surface area contributed by atoms with Crippen molar-refractivity contribution in [1.29, 1.82) is 0 Å².